The maximum atomic E-state index is 11.1. The van der Waals surface area contributed by atoms with E-state index in [1.807, 2.05) is 0 Å². The second-order valence-corrected chi connectivity index (χ2v) is 3.86. The van der Waals surface area contributed by atoms with Crippen LogP contribution in [-0.4, -0.2) is 5.78 Å². The molecule has 4 aliphatic carbocycles. The molecule has 0 aromatic rings. The molecule has 0 spiro atoms. The Balaban J connectivity index is 2.03. The Labute approximate surface area is 54.4 Å². The van der Waals surface area contributed by atoms with E-state index in [1.165, 1.54) is 12.8 Å². The summed E-state index contributed by atoms with van der Waals surface area (Å²) in [5.74, 6) is 3.72. The minimum Gasteiger partial charge on any atom is -0.299 e. The van der Waals surface area contributed by atoms with Crippen LogP contribution in [0.15, 0.2) is 0 Å². The maximum absolute atomic E-state index is 11.1. The third-order valence-corrected chi connectivity index (χ3v) is 3.40. The molecule has 4 bridgehead atoms. The van der Waals surface area contributed by atoms with Gasteiger partial charge in [-0.3, -0.25) is 4.79 Å². The topological polar surface area (TPSA) is 17.1 Å². The lowest BCUT2D eigenvalue weighted by Gasteiger charge is -2.19. The highest BCUT2D eigenvalue weighted by Gasteiger charge is 2.62. The summed E-state index contributed by atoms with van der Waals surface area (Å²) in [6, 6.07) is 0. The molecule has 9 heavy (non-hydrogen) atoms. The minimum atomic E-state index is 0.565. The molecule has 4 atom stereocenters. The van der Waals surface area contributed by atoms with Crippen molar-refractivity contribution in [2.75, 3.05) is 0 Å². The molecule has 0 N–H and O–H groups in total. The van der Waals surface area contributed by atoms with Gasteiger partial charge < -0.3 is 0 Å². The monoisotopic (exact) mass is 122 g/mol. The first-order valence-electron chi connectivity index (χ1n) is 3.89. The molecule has 4 aliphatic rings. The normalized spacial score (nSPS) is 60.2. The molecule has 3 unspecified atom stereocenters. The fourth-order valence-corrected chi connectivity index (χ4v) is 3.02. The van der Waals surface area contributed by atoms with Crippen LogP contribution < -0.4 is 0 Å². The Morgan fingerprint density at radius 2 is 1.89 bits per heavy atom. The highest BCUT2D eigenvalue weighted by atomic mass is 16.1. The van der Waals surface area contributed by atoms with Gasteiger partial charge in [-0.2, -0.15) is 0 Å². The molecule has 1 nitrogen and oxygen atoms in total. The average molecular weight is 122 g/mol. The van der Waals surface area contributed by atoms with Crippen LogP contribution in [0.3, 0.4) is 0 Å². The first-order chi connectivity index (χ1) is 4.36. The summed E-state index contributed by atoms with van der Waals surface area (Å²) in [6.07, 6.45) is 3.71. The third kappa shape index (κ3) is 0.374. The average Bonchev–Trinajstić information content (AvgIpc) is 2.37. The lowest BCUT2D eigenvalue weighted by atomic mass is 9.85. The van der Waals surface area contributed by atoms with E-state index in [2.05, 4.69) is 0 Å². The smallest absolute Gasteiger partial charge is 0.136 e. The van der Waals surface area contributed by atoms with Gasteiger partial charge >= 0.3 is 0 Å². The number of carbonyl (C=O) groups is 1. The van der Waals surface area contributed by atoms with Gasteiger partial charge in [-0.25, -0.2) is 0 Å². The molecule has 0 saturated heterocycles. The summed E-state index contributed by atoms with van der Waals surface area (Å²) in [4.78, 5) is 11.1. The molecule has 4 rings (SSSR count). The van der Waals surface area contributed by atoms with Crippen LogP contribution in [0.5, 0.6) is 0 Å². The SMILES string of the molecule is O=C1CC2CC3C1[C@@H]3C2. The van der Waals surface area contributed by atoms with Crippen LogP contribution >= 0.6 is 0 Å². The third-order valence-electron chi connectivity index (χ3n) is 3.40. The molecule has 4 fully saturated rings. The van der Waals surface area contributed by atoms with E-state index in [-0.39, 0.29) is 0 Å². The Hall–Kier alpha value is -0.330. The van der Waals surface area contributed by atoms with Crippen LogP contribution in [0.4, 0.5) is 0 Å². The molecule has 0 aliphatic heterocycles. The van der Waals surface area contributed by atoms with Crippen LogP contribution in [0, 0.1) is 23.7 Å². The van der Waals surface area contributed by atoms with E-state index in [9.17, 15) is 4.79 Å². The van der Waals surface area contributed by atoms with Crippen molar-refractivity contribution in [3.05, 3.63) is 0 Å². The second-order valence-electron chi connectivity index (χ2n) is 3.86. The molecule has 0 aromatic carbocycles. The van der Waals surface area contributed by atoms with Gasteiger partial charge in [-0.15, -0.1) is 0 Å². The first-order valence-corrected chi connectivity index (χ1v) is 3.89. The van der Waals surface area contributed by atoms with Gasteiger partial charge in [0.1, 0.15) is 5.78 Å². The van der Waals surface area contributed by atoms with E-state index < -0.39 is 0 Å². The van der Waals surface area contributed by atoms with E-state index in [0.29, 0.717) is 11.7 Å². The standard InChI is InChI=1S/C8H10O/c9-7-3-4-1-5-6(2-4)8(5)7/h4-6,8H,1-3H2/t4?,5-,6?,8?/m1/s1. The van der Waals surface area contributed by atoms with E-state index in [0.717, 1.165) is 24.2 Å². The van der Waals surface area contributed by atoms with Crippen LogP contribution in [0.2, 0.25) is 0 Å². The van der Waals surface area contributed by atoms with Gasteiger partial charge in [0.25, 0.3) is 0 Å². The summed E-state index contributed by atoms with van der Waals surface area (Å²) in [7, 11) is 0. The summed E-state index contributed by atoms with van der Waals surface area (Å²) in [6.45, 7) is 0. The van der Waals surface area contributed by atoms with Crippen LogP contribution in [-0.2, 0) is 4.79 Å². The lowest BCUT2D eigenvalue weighted by molar-refractivity contribution is -0.124. The number of ketones is 1. The Bertz CT molecular complexity index is 173. The van der Waals surface area contributed by atoms with Crippen molar-refractivity contribution in [3.63, 3.8) is 0 Å². The second kappa shape index (κ2) is 1.09. The number of hydrogen-bond donors (Lipinski definition) is 0. The number of carbonyl (C=O) groups excluding carboxylic acids is 1. The molecule has 0 heterocycles. The molecular formula is C8H10O. The van der Waals surface area contributed by atoms with Crippen molar-refractivity contribution >= 4 is 5.78 Å². The van der Waals surface area contributed by atoms with Crippen molar-refractivity contribution in [2.45, 2.75) is 19.3 Å². The maximum Gasteiger partial charge on any atom is 0.136 e. The molecule has 0 radical (unpaired) electrons. The van der Waals surface area contributed by atoms with E-state index >= 15 is 0 Å². The summed E-state index contributed by atoms with van der Waals surface area (Å²) < 4.78 is 0. The highest BCUT2D eigenvalue weighted by Crippen LogP contribution is 2.64. The zero-order chi connectivity index (χ0) is 6.01. The lowest BCUT2D eigenvalue weighted by Crippen LogP contribution is -2.19. The Morgan fingerprint density at radius 1 is 1.22 bits per heavy atom. The van der Waals surface area contributed by atoms with Crippen molar-refractivity contribution < 1.29 is 4.79 Å². The zero-order valence-electron chi connectivity index (χ0n) is 5.34. The zero-order valence-corrected chi connectivity index (χ0v) is 5.34. The summed E-state index contributed by atoms with van der Waals surface area (Å²) in [5.41, 5.74) is 0. The van der Waals surface area contributed by atoms with E-state index in [4.69, 9.17) is 0 Å². The summed E-state index contributed by atoms with van der Waals surface area (Å²) >= 11 is 0. The Morgan fingerprint density at radius 3 is 2.22 bits per heavy atom. The van der Waals surface area contributed by atoms with E-state index in [1.54, 1.807) is 0 Å². The highest BCUT2D eigenvalue weighted by molar-refractivity contribution is 5.86. The predicted molar refractivity (Wildman–Crippen MR) is 32.8 cm³/mol. The van der Waals surface area contributed by atoms with Crippen molar-refractivity contribution in [1.82, 2.24) is 0 Å². The summed E-state index contributed by atoms with van der Waals surface area (Å²) in [5, 5.41) is 0. The molecular weight excluding hydrogens is 112 g/mol. The van der Waals surface area contributed by atoms with Gasteiger partial charge in [-0.1, -0.05) is 0 Å². The van der Waals surface area contributed by atoms with Crippen LogP contribution in [0.25, 0.3) is 0 Å². The number of rotatable bonds is 0. The molecule has 4 saturated carbocycles. The fourth-order valence-electron chi connectivity index (χ4n) is 3.02. The van der Waals surface area contributed by atoms with Crippen molar-refractivity contribution in [1.29, 1.82) is 0 Å². The number of Topliss-reactive ketones (excluding diaryl/α,β-unsaturated/α-hetero) is 1. The number of hydrogen-bond acceptors (Lipinski definition) is 1. The molecule has 0 amide bonds. The molecule has 1 heteroatoms. The number of fused-ring (bicyclic) bond motifs is 1. The Kier molecular flexibility index (Phi) is 0.544. The van der Waals surface area contributed by atoms with Crippen LogP contribution in [0.1, 0.15) is 19.3 Å². The van der Waals surface area contributed by atoms with Gasteiger partial charge in [0.15, 0.2) is 0 Å². The van der Waals surface area contributed by atoms with Crippen molar-refractivity contribution in [3.8, 4) is 0 Å². The molecule has 0 aromatic heterocycles. The van der Waals surface area contributed by atoms with Gasteiger partial charge in [0.2, 0.25) is 0 Å². The molecule has 48 valence electrons. The fraction of sp³-hybridized carbons (Fsp3) is 0.875. The van der Waals surface area contributed by atoms with Crippen molar-refractivity contribution in [2.24, 2.45) is 23.7 Å². The quantitative estimate of drug-likeness (QED) is 0.472. The minimum absolute atomic E-state index is 0.565. The largest absolute Gasteiger partial charge is 0.299 e. The first kappa shape index (κ1) is 4.48. The van der Waals surface area contributed by atoms with Gasteiger partial charge in [0, 0.05) is 12.3 Å². The predicted octanol–water partition coefficient (Wildman–Crippen LogP) is 1.23. The van der Waals surface area contributed by atoms with Gasteiger partial charge in [-0.05, 0) is 30.6 Å². The van der Waals surface area contributed by atoms with Gasteiger partial charge in [0.05, 0.1) is 0 Å².